The molecule has 1 rings (SSSR count). The predicted molar refractivity (Wildman–Crippen MR) is 211 cm³/mol. The van der Waals surface area contributed by atoms with Crippen LogP contribution in [0.4, 0.5) is 0 Å². The summed E-state index contributed by atoms with van der Waals surface area (Å²) in [6.45, 7) is 30.9. The topological polar surface area (TPSA) is 177 Å². The summed E-state index contributed by atoms with van der Waals surface area (Å²) < 4.78 is 42.8. The van der Waals surface area contributed by atoms with E-state index in [1.54, 1.807) is 0 Å². The molecule has 0 radical (unpaired) electrons. The van der Waals surface area contributed by atoms with Crippen LogP contribution >= 0.6 is 23.7 Å². The van der Waals surface area contributed by atoms with Crippen molar-refractivity contribution in [3.63, 3.8) is 0 Å². The second kappa shape index (κ2) is 23.9. The third-order valence-corrected chi connectivity index (χ3v) is 18.3. The van der Waals surface area contributed by atoms with E-state index in [9.17, 15) is 28.8 Å². The summed E-state index contributed by atoms with van der Waals surface area (Å²) in [6.07, 6.45) is 0.872. The fourth-order valence-corrected chi connectivity index (χ4v) is 17.1. The van der Waals surface area contributed by atoms with E-state index in [4.69, 9.17) is 32.9 Å². The zero-order valence-electron chi connectivity index (χ0n) is 32.3. The zero-order chi connectivity index (χ0) is 41.2. The van der Waals surface area contributed by atoms with Gasteiger partial charge in [-0.15, -0.1) is 0 Å². The highest BCUT2D eigenvalue weighted by atomic mass is 31.3. The lowest BCUT2D eigenvalue weighted by Crippen LogP contribution is -2.37. The Morgan fingerprint density at radius 1 is 0.481 bits per heavy atom. The summed E-state index contributed by atoms with van der Waals surface area (Å²) in [5.41, 5.74) is 1.21. The van der Waals surface area contributed by atoms with Crippen molar-refractivity contribution in [2.24, 2.45) is 4.52 Å². The Kier molecular flexibility index (Phi) is 21.4. The van der Waals surface area contributed by atoms with E-state index in [1.165, 1.54) is 41.5 Å². The summed E-state index contributed by atoms with van der Waals surface area (Å²) in [5, 5.41) is 0. The van der Waals surface area contributed by atoms with Gasteiger partial charge in [-0.3, -0.25) is 0 Å². The number of rotatable bonds is 24. The van der Waals surface area contributed by atoms with Gasteiger partial charge in [-0.05, 0) is 41.5 Å². The smallest absolute Gasteiger partial charge is 0.333 e. The predicted octanol–water partition coefficient (Wildman–Crippen LogP) is 6.06. The Hall–Kier alpha value is -3.73. The Bertz CT molecular complexity index is 1540. The molecule has 2 atom stereocenters. The zero-order valence-corrected chi connectivity index (χ0v) is 35.0. The molecule has 0 aromatic carbocycles. The van der Waals surface area contributed by atoms with Crippen molar-refractivity contribution in [1.82, 2.24) is 8.88 Å². The molecular formula is C36H54N3O12P3. The van der Waals surface area contributed by atoms with Crippen LogP contribution in [0, 0.1) is 0 Å². The molecular weight excluding hydrogens is 759 g/mol. The summed E-state index contributed by atoms with van der Waals surface area (Å²) in [5.74, 6) is -3.59. The summed E-state index contributed by atoms with van der Waals surface area (Å²) in [4.78, 5) is 74.8. The number of hydrogen-bond acceptors (Lipinski definition) is 15. The standard InChI is InChI=1S/C36H54N3O12P3/c1-25(2)31(40)46-15-13-38-52(21-17-48-33(42)27(5)6)37-54(23-19-50-35(44)29(9)10,24-20-51-36(45)30(11)12)39(14-16-47-32(41)26(3)4)53(38)22-18-49-34(43)28(7)8/h1,3,5,7,9,11,13-24H2,2,4,6,8,10,12H3. The molecule has 0 amide bonds. The molecule has 0 spiro atoms. The lowest BCUT2D eigenvalue weighted by atomic mass is 10.4. The Balaban J connectivity index is 4.00. The van der Waals surface area contributed by atoms with Crippen LogP contribution in [0.5, 0.6) is 0 Å². The Morgan fingerprint density at radius 3 is 1.17 bits per heavy atom. The van der Waals surface area contributed by atoms with Crippen molar-refractivity contribution in [1.29, 1.82) is 0 Å². The molecule has 1 heterocycles. The van der Waals surface area contributed by atoms with Crippen molar-refractivity contribution >= 4 is 59.5 Å². The minimum absolute atomic E-state index is 0.0394. The SMILES string of the molecule is C=C(C)C(=O)OCCN1P(CCOC(=O)C(=C)C)N=P(CCOC(=O)C(=C)C)(CCOC(=O)C(=C)C)N(CCOC(=O)C(=C)C)P1CCOC(=O)C(=C)C. The van der Waals surface area contributed by atoms with Gasteiger partial charge in [0.15, 0.2) is 0 Å². The van der Waals surface area contributed by atoms with Crippen LogP contribution in [0.3, 0.4) is 0 Å². The fourth-order valence-electron chi connectivity index (χ4n) is 4.26. The number of carbonyl (C=O) groups is 6. The molecule has 0 saturated heterocycles. The van der Waals surface area contributed by atoms with Crippen molar-refractivity contribution in [3.05, 3.63) is 72.9 Å². The molecule has 54 heavy (non-hydrogen) atoms. The van der Waals surface area contributed by atoms with Gasteiger partial charge in [-0.2, -0.15) is 0 Å². The second-order valence-electron chi connectivity index (χ2n) is 12.3. The highest BCUT2D eigenvalue weighted by Crippen LogP contribution is 2.77. The first-order valence-corrected chi connectivity index (χ1v) is 21.8. The molecule has 1 aliphatic heterocycles. The van der Waals surface area contributed by atoms with Crippen LogP contribution in [-0.2, 0) is 57.2 Å². The van der Waals surface area contributed by atoms with Crippen molar-refractivity contribution < 1.29 is 57.2 Å². The summed E-state index contributed by atoms with van der Waals surface area (Å²) >= 11 is 0. The molecule has 0 aromatic heterocycles. The largest absolute Gasteiger partial charge is 0.462 e. The monoisotopic (exact) mass is 813 g/mol. The van der Waals surface area contributed by atoms with Crippen LogP contribution in [0.15, 0.2) is 77.4 Å². The van der Waals surface area contributed by atoms with E-state index >= 15 is 0 Å². The molecule has 0 N–H and O–H groups in total. The number of hydrogen-bond donors (Lipinski definition) is 0. The molecule has 15 nitrogen and oxygen atoms in total. The van der Waals surface area contributed by atoms with Gasteiger partial charge in [0.1, 0.15) is 13.2 Å². The highest BCUT2D eigenvalue weighted by Gasteiger charge is 2.44. The van der Waals surface area contributed by atoms with Gasteiger partial charge in [-0.25, -0.2) is 42.2 Å². The van der Waals surface area contributed by atoms with E-state index in [0.29, 0.717) is 0 Å². The van der Waals surface area contributed by atoms with Crippen molar-refractivity contribution in [2.45, 2.75) is 41.5 Å². The molecule has 0 aliphatic carbocycles. The molecule has 18 heteroatoms. The van der Waals surface area contributed by atoms with E-state index in [2.05, 4.69) is 43.9 Å². The van der Waals surface area contributed by atoms with Gasteiger partial charge < -0.3 is 28.4 Å². The van der Waals surface area contributed by atoms with Gasteiger partial charge in [0.2, 0.25) is 0 Å². The van der Waals surface area contributed by atoms with Crippen LogP contribution in [0.2, 0.25) is 0 Å². The number of nitrogens with zero attached hydrogens (tertiary/aromatic N) is 3. The minimum Gasteiger partial charge on any atom is -0.462 e. The number of carbonyl (C=O) groups excluding carboxylic acids is 6. The van der Waals surface area contributed by atoms with Crippen molar-refractivity contribution in [3.8, 4) is 0 Å². The maximum atomic E-state index is 12.5. The van der Waals surface area contributed by atoms with Crippen molar-refractivity contribution in [2.75, 3.05) is 77.4 Å². The first-order valence-electron chi connectivity index (χ1n) is 16.9. The van der Waals surface area contributed by atoms with Crippen LogP contribution < -0.4 is 0 Å². The lowest BCUT2D eigenvalue weighted by Gasteiger charge is -2.51. The molecule has 1 aliphatic rings. The van der Waals surface area contributed by atoms with Crippen LogP contribution in [0.25, 0.3) is 0 Å². The summed E-state index contributed by atoms with van der Waals surface area (Å²) in [6, 6.07) is 0. The quantitative estimate of drug-likeness (QED) is 0.0476. The second-order valence-corrected chi connectivity index (χ2v) is 20.6. The average Bonchev–Trinajstić information content (AvgIpc) is 3.09. The fraction of sp³-hybridized carbons (Fsp3) is 0.500. The lowest BCUT2D eigenvalue weighted by molar-refractivity contribution is -0.139. The molecule has 2 unspecified atom stereocenters. The van der Waals surface area contributed by atoms with E-state index < -0.39 is 59.5 Å². The van der Waals surface area contributed by atoms with Gasteiger partial charge in [0, 0.05) is 78.4 Å². The molecule has 0 aromatic rings. The number of ether oxygens (including phenoxy) is 6. The van der Waals surface area contributed by atoms with Gasteiger partial charge >= 0.3 is 35.8 Å². The molecule has 0 bridgehead atoms. The van der Waals surface area contributed by atoms with E-state index in [0.717, 1.165) is 0 Å². The van der Waals surface area contributed by atoms with Gasteiger partial charge in [0.05, 0.1) is 42.9 Å². The maximum absolute atomic E-state index is 12.5. The Labute approximate surface area is 321 Å². The van der Waals surface area contributed by atoms with Gasteiger partial charge in [-0.1, -0.05) is 39.5 Å². The van der Waals surface area contributed by atoms with Crippen LogP contribution in [0.1, 0.15) is 41.5 Å². The maximum Gasteiger partial charge on any atom is 0.333 e. The molecule has 0 fully saturated rings. The Morgan fingerprint density at radius 2 is 0.796 bits per heavy atom. The molecule has 300 valence electrons. The van der Waals surface area contributed by atoms with Crippen LogP contribution in [-0.4, -0.2) is 122 Å². The normalized spacial score (nSPS) is 16.4. The third-order valence-electron chi connectivity index (χ3n) is 7.05. The number of esters is 6. The first-order chi connectivity index (χ1) is 25.2. The third kappa shape index (κ3) is 16.3. The van der Waals surface area contributed by atoms with Gasteiger partial charge in [0.25, 0.3) is 0 Å². The van der Waals surface area contributed by atoms with E-state index in [-0.39, 0.29) is 111 Å². The highest BCUT2D eigenvalue weighted by molar-refractivity contribution is 7.84. The minimum atomic E-state index is -2.93. The first kappa shape index (κ1) is 48.3. The van der Waals surface area contributed by atoms with E-state index in [1.807, 2.05) is 4.44 Å². The molecule has 0 saturated carbocycles. The average molecular weight is 814 g/mol. The summed E-state index contributed by atoms with van der Waals surface area (Å²) in [7, 11) is -6.07.